The zero-order chi connectivity index (χ0) is 9.73. The molecule has 0 unspecified atom stereocenters. The van der Waals surface area contributed by atoms with E-state index in [1.165, 1.54) is 5.57 Å². The van der Waals surface area contributed by atoms with Crippen LogP contribution in [0.4, 0.5) is 0 Å². The number of aliphatic hydroxyl groups excluding tert-OH is 1. The molecule has 1 saturated carbocycles. The van der Waals surface area contributed by atoms with E-state index in [4.69, 9.17) is 5.11 Å². The standard InChI is InChI=1S/C11H19NO/c1-3-10(2)5-4-6-11(7-8-11)12-9-13/h3-4,6,12-13H,5,7-9H2,1-2H3. The van der Waals surface area contributed by atoms with Gasteiger partial charge < -0.3 is 5.11 Å². The van der Waals surface area contributed by atoms with E-state index in [2.05, 4.69) is 37.4 Å². The zero-order valence-electron chi connectivity index (χ0n) is 8.51. The van der Waals surface area contributed by atoms with Gasteiger partial charge in [0.2, 0.25) is 0 Å². The van der Waals surface area contributed by atoms with Gasteiger partial charge in [-0.15, -0.1) is 0 Å². The van der Waals surface area contributed by atoms with Crippen molar-refractivity contribution in [2.24, 2.45) is 0 Å². The third-order valence-corrected chi connectivity index (χ3v) is 2.59. The molecule has 1 aliphatic carbocycles. The average molecular weight is 181 g/mol. The lowest BCUT2D eigenvalue weighted by atomic mass is 10.1. The molecule has 13 heavy (non-hydrogen) atoms. The lowest BCUT2D eigenvalue weighted by molar-refractivity contribution is 0.246. The Hall–Kier alpha value is -0.600. The summed E-state index contributed by atoms with van der Waals surface area (Å²) in [6.07, 6.45) is 9.83. The quantitative estimate of drug-likeness (QED) is 0.502. The summed E-state index contributed by atoms with van der Waals surface area (Å²) in [6.45, 7) is 4.26. The maximum atomic E-state index is 8.74. The largest absolute Gasteiger partial charge is 0.381 e. The number of nitrogens with one attached hydrogen (secondary N) is 1. The van der Waals surface area contributed by atoms with Crippen molar-refractivity contribution in [3.05, 3.63) is 23.8 Å². The Morgan fingerprint density at radius 1 is 1.54 bits per heavy atom. The molecule has 1 aliphatic rings. The predicted molar refractivity (Wildman–Crippen MR) is 55.4 cm³/mol. The predicted octanol–water partition coefficient (Wildman–Crippen LogP) is 1.97. The maximum absolute atomic E-state index is 8.74. The van der Waals surface area contributed by atoms with Crippen LogP contribution in [0.25, 0.3) is 0 Å². The van der Waals surface area contributed by atoms with E-state index in [-0.39, 0.29) is 12.3 Å². The Balaban J connectivity index is 2.31. The van der Waals surface area contributed by atoms with Crippen molar-refractivity contribution in [2.75, 3.05) is 6.73 Å². The molecule has 1 fully saturated rings. The highest BCUT2D eigenvalue weighted by molar-refractivity contribution is 5.18. The van der Waals surface area contributed by atoms with E-state index in [9.17, 15) is 0 Å². The van der Waals surface area contributed by atoms with Crippen LogP contribution >= 0.6 is 0 Å². The highest BCUT2D eigenvalue weighted by Crippen LogP contribution is 2.36. The summed E-state index contributed by atoms with van der Waals surface area (Å²) in [5.41, 5.74) is 1.51. The van der Waals surface area contributed by atoms with Gasteiger partial charge in [-0.2, -0.15) is 0 Å². The van der Waals surface area contributed by atoms with Crippen molar-refractivity contribution < 1.29 is 5.11 Å². The fourth-order valence-corrected chi connectivity index (χ4v) is 1.28. The molecule has 0 heterocycles. The first-order chi connectivity index (χ1) is 6.22. The van der Waals surface area contributed by atoms with Crippen LogP contribution in [0.15, 0.2) is 23.8 Å². The normalized spacial score (nSPS) is 21.0. The van der Waals surface area contributed by atoms with Gasteiger partial charge in [0.1, 0.15) is 0 Å². The van der Waals surface area contributed by atoms with Gasteiger partial charge in [-0.05, 0) is 33.1 Å². The minimum atomic E-state index is 0.0763. The maximum Gasteiger partial charge on any atom is 0.0938 e. The number of aliphatic hydroxyl groups is 1. The van der Waals surface area contributed by atoms with Gasteiger partial charge in [0.05, 0.1) is 6.73 Å². The van der Waals surface area contributed by atoms with Crippen LogP contribution in [0.3, 0.4) is 0 Å². The van der Waals surface area contributed by atoms with Crippen molar-refractivity contribution in [1.82, 2.24) is 5.32 Å². The van der Waals surface area contributed by atoms with Gasteiger partial charge in [-0.1, -0.05) is 23.8 Å². The molecule has 0 aromatic carbocycles. The lowest BCUT2D eigenvalue weighted by Gasteiger charge is -2.09. The number of hydrogen-bond donors (Lipinski definition) is 2. The highest BCUT2D eigenvalue weighted by Gasteiger charge is 2.38. The van der Waals surface area contributed by atoms with Crippen molar-refractivity contribution >= 4 is 0 Å². The van der Waals surface area contributed by atoms with Gasteiger partial charge in [-0.25, -0.2) is 0 Å². The lowest BCUT2D eigenvalue weighted by Crippen LogP contribution is -2.29. The summed E-state index contributed by atoms with van der Waals surface area (Å²) in [6, 6.07) is 0. The third-order valence-electron chi connectivity index (χ3n) is 2.59. The molecule has 2 nitrogen and oxygen atoms in total. The summed E-state index contributed by atoms with van der Waals surface area (Å²) in [5, 5.41) is 11.8. The summed E-state index contributed by atoms with van der Waals surface area (Å²) < 4.78 is 0. The second kappa shape index (κ2) is 4.58. The second-order valence-electron chi connectivity index (χ2n) is 3.73. The molecule has 1 rings (SSSR count). The fraction of sp³-hybridized carbons (Fsp3) is 0.636. The Morgan fingerprint density at radius 2 is 2.23 bits per heavy atom. The molecule has 0 bridgehead atoms. The van der Waals surface area contributed by atoms with Gasteiger partial charge in [0, 0.05) is 5.54 Å². The van der Waals surface area contributed by atoms with E-state index in [0.717, 1.165) is 19.3 Å². The Labute approximate surface area is 80.3 Å². The molecule has 0 saturated heterocycles. The Kier molecular flexibility index (Phi) is 3.70. The average Bonchev–Trinajstić information content (AvgIpc) is 2.86. The highest BCUT2D eigenvalue weighted by atomic mass is 16.3. The third kappa shape index (κ3) is 3.33. The first-order valence-corrected chi connectivity index (χ1v) is 4.88. The first-order valence-electron chi connectivity index (χ1n) is 4.88. The van der Waals surface area contributed by atoms with Crippen LogP contribution in [-0.2, 0) is 0 Å². The zero-order valence-corrected chi connectivity index (χ0v) is 8.51. The molecule has 0 amide bonds. The molecule has 0 spiro atoms. The van der Waals surface area contributed by atoms with Crippen molar-refractivity contribution in [3.8, 4) is 0 Å². The molecule has 0 aliphatic heterocycles. The van der Waals surface area contributed by atoms with Crippen LogP contribution in [0, 0.1) is 0 Å². The van der Waals surface area contributed by atoms with Crippen LogP contribution < -0.4 is 5.32 Å². The van der Waals surface area contributed by atoms with E-state index in [0.29, 0.717) is 0 Å². The van der Waals surface area contributed by atoms with Crippen LogP contribution in [-0.4, -0.2) is 17.4 Å². The SMILES string of the molecule is CC=C(C)CC=CC1(NCO)CC1. The minimum absolute atomic E-state index is 0.0763. The van der Waals surface area contributed by atoms with E-state index in [1.54, 1.807) is 0 Å². The van der Waals surface area contributed by atoms with Gasteiger partial charge in [0.15, 0.2) is 0 Å². The number of hydrogen-bond acceptors (Lipinski definition) is 2. The first kappa shape index (κ1) is 10.5. The topological polar surface area (TPSA) is 32.3 Å². The van der Waals surface area contributed by atoms with E-state index in [1.807, 2.05) is 0 Å². The molecular weight excluding hydrogens is 162 g/mol. The minimum Gasteiger partial charge on any atom is -0.381 e. The van der Waals surface area contributed by atoms with Gasteiger partial charge in [-0.3, -0.25) is 5.32 Å². The summed E-state index contributed by atoms with van der Waals surface area (Å²) in [4.78, 5) is 0. The summed E-state index contributed by atoms with van der Waals surface area (Å²) in [7, 11) is 0. The van der Waals surface area contributed by atoms with Gasteiger partial charge in [0.25, 0.3) is 0 Å². The van der Waals surface area contributed by atoms with Crippen LogP contribution in [0.2, 0.25) is 0 Å². The summed E-state index contributed by atoms with van der Waals surface area (Å²) >= 11 is 0. The molecule has 0 aromatic heterocycles. The van der Waals surface area contributed by atoms with E-state index >= 15 is 0 Å². The molecular formula is C11H19NO. The molecule has 74 valence electrons. The molecule has 0 radical (unpaired) electrons. The smallest absolute Gasteiger partial charge is 0.0938 e. The van der Waals surface area contributed by atoms with Crippen molar-refractivity contribution in [2.45, 2.75) is 38.6 Å². The fourth-order valence-electron chi connectivity index (χ4n) is 1.28. The van der Waals surface area contributed by atoms with Crippen LogP contribution in [0.5, 0.6) is 0 Å². The van der Waals surface area contributed by atoms with Crippen molar-refractivity contribution in [3.63, 3.8) is 0 Å². The van der Waals surface area contributed by atoms with Crippen molar-refractivity contribution in [1.29, 1.82) is 0 Å². The Morgan fingerprint density at radius 3 is 2.69 bits per heavy atom. The Bertz CT molecular complexity index is 214. The second-order valence-corrected chi connectivity index (χ2v) is 3.73. The number of allylic oxidation sites excluding steroid dienone is 3. The molecule has 2 heteroatoms. The molecule has 0 aromatic rings. The van der Waals surface area contributed by atoms with E-state index < -0.39 is 0 Å². The number of rotatable bonds is 5. The molecule has 2 N–H and O–H groups in total. The monoisotopic (exact) mass is 181 g/mol. The summed E-state index contributed by atoms with van der Waals surface area (Å²) in [5.74, 6) is 0. The van der Waals surface area contributed by atoms with Crippen LogP contribution in [0.1, 0.15) is 33.1 Å². The van der Waals surface area contributed by atoms with Gasteiger partial charge >= 0.3 is 0 Å². The molecule has 0 atom stereocenters.